The minimum Gasteiger partial charge on any atom is -0.350 e. The number of aryl methyl sites for hydroxylation is 1. The first kappa shape index (κ1) is 18.3. The summed E-state index contributed by atoms with van der Waals surface area (Å²) in [5, 5.41) is 5.22. The van der Waals surface area contributed by atoms with Crippen LogP contribution < -0.4 is 5.32 Å². The van der Waals surface area contributed by atoms with E-state index >= 15 is 0 Å². The fourth-order valence-electron chi connectivity index (χ4n) is 4.01. The molecular weight excluding hydrogens is 378 g/mol. The molecular formula is C24H23N3OS. The van der Waals surface area contributed by atoms with Crippen LogP contribution >= 0.6 is 11.3 Å². The highest BCUT2D eigenvalue weighted by atomic mass is 32.1. The molecule has 2 aromatic heterocycles. The van der Waals surface area contributed by atoms with E-state index in [1.54, 1.807) is 0 Å². The fourth-order valence-corrected chi connectivity index (χ4v) is 4.95. The summed E-state index contributed by atoms with van der Waals surface area (Å²) >= 11 is 1.47. The molecule has 0 atom stereocenters. The molecule has 0 spiro atoms. The Morgan fingerprint density at radius 2 is 1.97 bits per heavy atom. The second-order valence-electron chi connectivity index (χ2n) is 7.74. The highest BCUT2D eigenvalue weighted by Gasteiger charge is 2.16. The van der Waals surface area contributed by atoms with E-state index in [9.17, 15) is 4.79 Å². The summed E-state index contributed by atoms with van der Waals surface area (Å²) in [6.45, 7) is 5.60. The van der Waals surface area contributed by atoms with E-state index in [1.807, 2.05) is 6.07 Å². The monoisotopic (exact) mass is 401 g/mol. The van der Waals surface area contributed by atoms with Crippen molar-refractivity contribution in [3.8, 4) is 0 Å². The van der Waals surface area contributed by atoms with E-state index in [0.717, 1.165) is 52.1 Å². The van der Waals surface area contributed by atoms with Gasteiger partial charge in [-0.2, -0.15) is 0 Å². The van der Waals surface area contributed by atoms with E-state index in [-0.39, 0.29) is 5.91 Å². The van der Waals surface area contributed by atoms with Crippen molar-refractivity contribution < 1.29 is 4.79 Å². The van der Waals surface area contributed by atoms with Crippen molar-refractivity contribution in [3.63, 3.8) is 0 Å². The fraction of sp³-hybridized carbons (Fsp3) is 0.250. The number of rotatable bonds is 4. The molecule has 4 aromatic rings. The standard InChI is InChI=1S/C24H23N3OS/c1-16-6-7-18-13-20-14-22(29-24(20)26-21(18)12-16)23(28)25-9-11-27-10-8-17-4-2-3-5-19(17)15-27/h2-7,12-14H,8-11,15H2,1H3,(H,25,28). The molecule has 0 radical (unpaired) electrons. The van der Waals surface area contributed by atoms with Gasteiger partial charge in [0.15, 0.2) is 0 Å². The van der Waals surface area contributed by atoms with Crippen LogP contribution in [0.5, 0.6) is 0 Å². The van der Waals surface area contributed by atoms with Crippen molar-refractivity contribution >= 4 is 38.4 Å². The van der Waals surface area contributed by atoms with Gasteiger partial charge in [0.25, 0.3) is 5.91 Å². The topological polar surface area (TPSA) is 45.2 Å². The predicted octanol–water partition coefficient (Wildman–Crippen LogP) is 4.55. The molecule has 2 aromatic carbocycles. The Bertz CT molecular complexity index is 1210. The molecule has 0 bridgehead atoms. The molecule has 1 aliphatic heterocycles. The molecule has 0 unspecified atom stereocenters. The summed E-state index contributed by atoms with van der Waals surface area (Å²) in [6.07, 6.45) is 1.08. The van der Waals surface area contributed by atoms with Gasteiger partial charge in [0.1, 0.15) is 4.83 Å². The zero-order chi connectivity index (χ0) is 19.8. The van der Waals surface area contributed by atoms with Crippen LogP contribution in [0, 0.1) is 6.92 Å². The molecule has 5 heteroatoms. The zero-order valence-electron chi connectivity index (χ0n) is 16.4. The Kier molecular flexibility index (Phi) is 4.78. The van der Waals surface area contributed by atoms with Crippen LogP contribution in [0.15, 0.2) is 54.6 Å². The van der Waals surface area contributed by atoms with E-state index in [1.165, 1.54) is 28.0 Å². The molecule has 29 heavy (non-hydrogen) atoms. The van der Waals surface area contributed by atoms with Crippen LogP contribution in [0.3, 0.4) is 0 Å². The van der Waals surface area contributed by atoms with Crippen molar-refractivity contribution in [2.75, 3.05) is 19.6 Å². The van der Waals surface area contributed by atoms with Crippen LogP contribution in [0.2, 0.25) is 0 Å². The molecule has 1 amide bonds. The minimum absolute atomic E-state index is 0.00866. The van der Waals surface area contributed by atoms with Gasteiger partial charge in [0.05, 0.1) is 10.4 Å². The lowest BCUT2D eigenvalue weighted by Gasteiger charge is -2.28. The van der Waals surface area contributed by atoms with Gasteiger partial charge in [-0.15, -0.1) is 11.3 Å². The summed E-state index contributed by atoms with van der Waals surface area (Å²) < 4.78 is 0. The maximum Gasteiger partial charge on any atom is 0.261 e. The minimum atomic E-state index is -0.00866. The zero-order valence-corrected chi connectivity index (χ0v) is 17.3. The van der Waals surface area contributed by atoms with Gasteiger partial charge in [0, 0.05) is 37.0 Å². The van der Waals surface area contributed by atoms with Crippen molar-refractivity contribution in [1.29, 1.82) is 0 Å². The lowest BCUT2D eigenvalue weighted by molar-refractivity contribution is 0.0951. The normalized spacial score (nSPS) is 14.2. The number of carbonyl (C=O) groups is 1. The number of aromatic nitrogens is 1. The van der Waals surface area contributed by atoms with Crippen molar-refractivity contribution in [3.05, 3.63) is 76.2 Å². The average Bonchev–Trinajstić information content (AvgIpc) is 3.15. The molecule has 0 aliphatic carbocycles. The van der Waals surface area contributed by atoms with Gasteiger partial charge < -0.3 is 5.32 Å². The van der Waals surface area contributed by atoms with E-state index in [2.05, 4.69) is 65.7 Å². The third-order valence-electron chi connectivity index (χ3n) is 5.61. The molecule has 1 N–H and O–H groups in total. The van der Waals surface area contributed by atoms with E-state index in [0.29, 0.717) is 6.54 Å². The van der Waals surface area contributed by atoms with Gasteiger partial charge in [-0.25, -0.2) is 4.98 Å². The summed E-state index contributed by atoms with van der Waals surface area (Å²) in [5.74, 6) is -0.00866. The van der Waals surface area contributed by atoms with Gasteiger partial charge in [-0.05, 0) is 48.2 Å². The Balaban J connectivity index is 1.24. The number of amides is 1. The Morgan fingerprint density at radius 1 is 1.10 bits per heavy atom. The van der Waals surface area contributed by atoms with Crippen LogP contribution in [-0.2, 0) is 13.0 Å². The maximum absolute atomic E-state index is 12.7. The number of fused-ring (bicyclic) bond motifs is 3. The Morgan fingerprint density at radius 3 is 2.86 bits per heavy atom. The van der Waals surface area contributed by atoms with Crippen LogP contribution in [-0.4, -0.2) is 35.4 Å². The lowest BCUT2D eigenvalue weighted by Crippen LogP contribution is -2.37. The van der Waals surface area contributed by atoms with Crippen LogP contribution in [0.1, 0.15) is 26.4 Å². The molecule has 4 nitrogen and oxygen atoms in total. The molecule has 1 aliphatic rings. The third kappa shape index (κ3) is 3.76. The first-order chi connectivity index (χ1) is 14.2. The number of thiophene rings is 1. The molecule has 3 heterocycles. The summed E-state index contributed by atoms with van der Waals surface area (Å²) in [7, 11) is 0. The molecule has 0 saturated carbocycles. The average molecular weight is 402 g/mol. The molecule has 0 saturated heterocycles. The number of hydrogen-bond donors (Lipinski definition) is 1. The molecule has 146 valence electrons. The second-order valence-corrected chi connectivity index (χ2v) is 8.77. The first-order valence-corrected chi connectivity index (χ1v) is 10.9. The SMILES string of the molecule is Cc1ccc2cc3cc(C(=O)NCCN4CCc5ccccc5C4)sc3nc2c1. The molecule has 0 fully saturated rings. The summed E-state index contributed by atoms with van der Waals surface area (Å²) in [5.41, 5.74) is 5.03. The Labute approximate surface area is 174 Å². The number of benzene rings is 2. The molecule has 5 rings (SSSR count). The highest BCUT2D eigenvalue weighted by molar-refractivity contribution is 7.20. The van der Waals surface area contributed by atoms with E-state index < -0.39 is 0 Å². The van der Waals surface area contributed by atoms with Gasteiger partial charge >= 0.3 is 0 Å². The van der Waals surface area contributed by atoms with Crippen LogP contribution in [0.4, 0.5) is 0 Å². The highest BCUT2D eigenvalue weighted by Crippen LogP contribution is 2.28. The number of nitrogens with zero attached hydrogens (tertiary/aromatic N) is 2. The van der Waals surface area contributed by atoms with Crippen LogP contribution in [0.25, 0.3) is 21.1 Å². The quantitative estimate of drug-likeness (QED) is 0.546. The summed E-state index contributed by atoms with van der Waals surface area (Å²) in [4.78, 5) is 21.5. The smallest absolute Gasteiger partial charge is 0.261 e. The summed E-state index contributed by atoms with van der Waals surface area (Å²) in [6, 6.07) is 19.0. The number of hydrogen-bond acceptors (Lipinski definition) is 4. The van der Waals surface area contributed by atoms with Crippen molar-refractivity contribution in [1.82, 2.24) is 15.2 Å². The van der Waals surface area contributed by atoms with Crippen molar-refractivity contribution in [2.24, 2.45) is 0 Å². The Hall–Kier alpha value is -2.76. The van der Waals surface area contributed by atoms with Crippen molar-refractivity contribution in [2.45, 2.75) is 19.9 Å². The second kappa shape index (κ2) is 7.58. The van der Waals surface area contributed by atoms with E-state index in [4.69, 9.17) is 4.98 Å². The number of nitrogens with one attached hydrogen (secondary N) is 1. The lowest BCUT2D eigenvalue weighted by atomic mass is 10.00. The number of carbonyl (C=O) groups excluding carboxylic acids is 1. The van der Waals surface area contributed by atoms with Gasteiger partial charge in [-0.3, -0.25) is 9.69 Å². The third-order valence-corrected chi connectivity index (χ3v) is 6.65. The largest absolute Gasteiger partial charge is 0.350 e. The first-order valence-electron chi connectivity index (χ1n) is 10.0. The maximum atomic E-state index is 12.7. The predicted molar refractivity (Wildman–Crippen MR) is 120 cm³/mol. The van der Waals surface area contributed by atoms with Gasteiger partial charge in [-0.1, -0.05) is 36.4 Å². The number of pyridine rings is 1. The van der Waals surface area contributed by atoms with Gasteiger partial charge in [0.2, 0.25) is 0 Å².